The summed E-state index contributed by atoms with van der Waals surface area (Å²) in [5, 5.41) is 2.26. The van der Waals surface area contributed by atoms with E-state index in [1.807, 2.05) is 49.4 Å². The van der Waals surface area contributed by atoms with Crippen molar-refractivity contribution in [3.63, 3.8) is 0 Å². The number of anilines is 1. The highest BCUT2D eigenvalue weighted by atomic mass is 127. The highest BCUT2D eigenvalue weighted by Crippen LogP contribution is 2.37. The third kappa shape index (κ3) is 7.10. The number of ether oxygens (including phenoxy) is 2. The molecule has 0 aromatic heterocycles. The van der Waals surface area contributed by atoms with Crippen LogP contribution in [0.2, 0.25) is 0 Å². The lowest BCUT2D eigenvalue weighted by molar-refractivity contribution is -0.127. The van der Waals surface area contributed by atoms with Crippen molar-refractivity contribution in [2.75, 3.05) is 19.0 Å². The van der Waals surface area contributed by atoms with Gasteiger partial charge in [0.2, 0.25) is 5.91 Å². The number of hydrogen-bond donors (Lipinski definition) is 1. The minimum absolute atomic E-state index is 0.225. The van der Waals surface area contributed by atoms with E-state index in [1.165, 1.54) is 0 Å². The lowest BCUT2D eigenvalue weighted by Gasteiger charge is -2.16. The first kappa shape index (κ1) is 28.4. The highest BCUT2D eigenvalue weighted by Gasteiger charge is 2.36. The van der Waals surface area contributed by atoms with Crippen LogP contribution in [0.25, 0.3) is 6.08 Å². The van der Waals surface area contributed by atoms with Crippen LogP contribution in [0.5, 0.6) is 11.5 Å². The molecule has 3 aromatic rings. The topological polar surface area (TPSA) is 84.9 Å². The molecule has 1 N–H and O–H groups in total. The van der Waals surface area contributed by atoms with Crippen LogP contribution in [0.15, 0.2) is 78.2 Å². The summed E-state index contributed by atoms with van der Waals surface area (Å²) in [6.45, 7) is 5.71. The average Bonchev–Trinajstić information content (AvgIpc) is 3.17. The Morgan fingerprint density at radius 3 is 2.56 bits per heavy atom. The first-order valence-electron chi connectivity index (χ1n) is 12.1. The minimum Gasteiger partial charge on any atom is -0.493 e. The van der Waals surface area contributed by atoms with Crippen LogP contribution in [0.3, 0.4) is 0 Å². The number of nitrogens with zero attached hydrogens (tertiary/aromatic N) is 1. The number of thioether (sulfide) groups is 1. The van der Waals surface area contributed by atoms with Gasteiger partial charge in [0.25, 0.3) is 11.1 Å². The maximum atomic E-state index is 13.1. The molecule has 9 heteroatoms. The highest BCUT2D eigenvalue weighted by molar-refractivity contribution is 14.1. The molecule has 3 amide bonds. The standard InChI is InChI=1S/C30H27IN2O5S/c1-4-7-22-14-21(15-25(37-3)28(22)38-18-20-10-12-23(31)13-11-20)16-26-29(35)33(30(36)39-26)17-27(34)32-24-9-6-5-8-19(24)2/h4-6,8-16H,1,7,17-18H2,2-3H3,(H,32,34)/b26-16-. The third-order valence-electron chi connectivity index (χ3n) is 5.93. The molecule has 3 aromatic carbocycles. The Bertz CT molecular complexity index is 1450. The van der Waals surface area contributed by atoms with Crippen LogP contribution >= 0.6 is 34.4 Å². The van der Waals surface area contributed by atoms with E-state index in [4.69, 9.17) is 9.47 Å². The second-order valence-electron chi connectivity index (χ2n) is 8.75. The van der Waals surface area contributed by atoms with Gasteiger partial charge >= 0.3 is 0 Å². The number of amides is 3. The Labute approximate surface area is 245 Å². The molecule has 39 heavy (non-hydrogen) atoms. The van der Waals surface area contributed by atoms with Gasteiger partial charge in [-0.1, -0.05) is 36.4 Å². The molecule has 0 bridgehead atoms. The molecule has 1 saturated heterocycles. The number of benzene rings is 3. The number of methoxy groups -OCH3 is 1. The Morgan fingerprint density at radius 1 is 1.13 bits per heavy atom. The number of rotatable bonds is 10. The number of allylic oxidation sites excluding steroid dienone is 1. The van der Waals surface area contributed by atoms with Gasteiger partial charge in [0.1, 0.15) is 13.2 Å². The second-order valence-corrected chi connectivity index (χ2v) is 11.0. The van der Waals surface area contributed by atoms with E-state index in [0.717, 1.165) is 36.9 Å². The van der Waals surface area contributed by atoms with Crippen molar-refractivity contribution in [2.24, 2.45) is 0 Å². The van der Waals surface area contributed by atoms with E-state index in [1.54, 1.807) is 37.5 Å². The van der Waals surface area contributed by atoms with Gasteiger partial charge in [-0.2, -0.15) is 0 Å². The average molecular weight is 655 g/mol. The summed E-state index contributed by atoms with van der Waals surface area (Å²) in [6, 6.07) is 19.0. The van der Waals surface area contributed by atoms with Crippen molar-refractivity contribution in [3.8, 4) is 11.5 Å². The quantitative estimate of drug-likeness (QED) is 0.151. The molecule has 0 radical (unpaired) electrons. The summed E-state index contributed by atoms with van der Waals surface area (Å²) in [7, 11) is 1.55. The first-order chi connectivity index (χ1) is 18.8. The smallest absolute Gasteiger partial charge is 0.294 e. The molecular formula is C30H27IN2O5S. The molecule has 0 spiro atoms. The maximum absolute atomic E-state index is 13.1. The number of hydrogen-bond acceptors (Lipinski definition) is 6. The SMILES string of the molecule is C=CCc1cc(/C=C2\SC(=O)N(CC(=O)Nc3ccccc3C)C2=O)cc(OC)c1OCc1ccc(I)cc1. The van der Waals surface area contributed by atoms with Crippen LogP contribution < -0.4 is 14.8 Å². The van der Waals surface area contributed by atoms with Gasteiger partial charge in [-0.15, -0.1) is 6.58 Å². The normalized spacial score (nSPS) is 14.0. The summed E-state index contributed by atoms with van der Waals surface area (Å²) < 4.78 is 12.9. The zero-order chi connectivity index (χ0) is 27.9. The summed E-state index contributed by atoms with van der Waals surface area (Å²) in [6.07, 6.45) is 3.90. The second kappa shape index (κ2) is 13.0. The Balaban J connectivity index is 1.53. The van der Waals surface area contributed by atoms with E-state index in [9.17, 15) is 14.4 Å². The molecule has 1 heterocycles. The number of aryl methyl sites for hydroxylation is 1. The van der Waals surface area contributed by atoms with Crippen molar-refractivity contribution in [1.82, 2.24) is 4.90 Å². The van der Waals surface area contributed by atoms with E-state index >= 15 is 0 Å². The number of carbonyl (C=O) groups excluding carboxylic acids is 3. The molecule has 0 atom stereocenters. The molecule has 200 valence electrons. The van der Waals surface area contributed by atoms with E-state index in [-0.39, 0.29) is 11.4 Å². The fourth-order valence-electron chi connectivity index (χ4n) is 3.96. The van der Waals surface area contributed by atoms with Crippen molar-refractivity contribution in [1.29, 1.82) is 0 Å². The molecule has 1 aliphatic heterocycles. The molecule has 0 unspecified atom stereocenters. The van der Waals surface area contributed by atoms with E-state index in [2.05, 4.69) is 34.5 Å². The predicted molar refractivity (Wildman–Crippen MR) is 163 cm³/mol. The molecule has 1 fully saturated rings. The van der Waals surface area contributed by atoms with Crippen LogP contribution in [-0.2, 0) is 22.6 Å². The molecule has 7 nitrogen and oxygen atoms in total. The predicted octanol–water partition coefficient (Wildman–Crippen LogP) is 6.59. The first-order valence-corrected chi connectivity index (χ1v) is 14.0. The van der Waals surface area contributed by atoms with Gasteiger partial charge < -0.3 is 14.8 Å². The Hall–Kier alpha value is -3.57. The van der Waals surface area contributed by atoms with Crippen molar-refractivity contribution in [3.05, 3.63) is 104 Å². The fraction of sp³-hybridized carbons (Fsp3) is 0.167. The van der Waals surface area contributed by atoms with Gasteiger partial charge in [0, 0.05) is 14.8 Å². The Kier molecular flexibility index (Phi) is 9.47. The van der Waals surface area contributed by atoms with Crippen LogP contribution in [0.1, 0.15) is 22.3 Å². The van der Waals surface area contributed by atoms with Crippen molar-refractivity contribution in [2.45, 2.75) is 20.0 Å². The maximum Gasteiger partial charge on any atom is 0.294 e. The number of para-hydroxylation sites is 1. The summed E-state index contributed by atoms with van der Waals surface area (Å²) in [5.41, 5.74) is 4.04. The van der Waals surface area contributed by atoms with Gasteiger partial charge in [-0.3, -0.25) is 19.3 Å². The number of nitrogens with one attached hydrogen (secondary N) is 1. The summed E-state index contributed by atoms with van der Waals surface area (Å²) in [5.74, 6) is 0.127. The summed E-state index contributed by atoms with van der Waals surface area (Å²) >= 11 is 3.05. The molecule has 1 aliphatic rings. The lowest BCUT2D eigenvalue weighted by Crippen LogP contribution is -2.36. The van der Waals surface area contributed by atoms with Crippen LogP contribution in [0, 0.1) is 10.5 Å². The Morgan fingerprint density at radius 2 is 1.87 bits per heavy atom. The van der Waals surface area contributed by atoms with Gasteiger partial charge in [-0.05, 0) is 101 Å². The number of carbonyl (C=O) groups is 3. The summed E-state index contributed by atoms with van der Waals surface area (Å²) in [4.78, 5) is 39.4. The van der Waals surface area contributed by atoms with Gasteiger partial charge in [0.15, 0.2) is 11.5 Å². The van der Waals surface area contributed by atoms with E-state index < -0.39 is 17.1 Å². The molecule has 4 rings (SSSR count). The zero-order valence-corrected chi connectivity index (χ0v) is 24.5. The monoisotopic (exact) mass is 654 g/mol. The van der Waals surface area contributed by atoms with Crippen molar-refractivity contribution >= 4 is 63.2 Å². The fourth-order valence-corrected chi connectivity index (χ4v) is 5.16. The number of halogens is 1. The van der Waals surface area contributed by atoms with Gasteiger partial charge in [0.05, 0.1) is 12.0 Å². The molecule has 0 aliphatic carbocycles. The molecular weight excluding hydrogens is 627 g/mol. The molecule has 0 saturated carbocycles. The largest absolute Gasteiger partial charge is 0.493 e. The van der Waals surface area contributed by atoms with Crippen LogP contribution in [0.4, 0.5) is 10.5 Å². The third-order valence-corrected chi connectivity index (χ3v) is 7.55. The zero-order valence-electron chi connectivity index (χ0n) is 21.5. The lowest BCUT2D eigenvalue weighted by atomic mass is 10.0. The van der Waals surface area contributed by atoms with Crippen LogP contribution in [-0.4, -0.2) is 35.6 Å². The number of imide groups is 1. The van der Waals surface area contributed by atoms with E-state index in [0.29, 0.717) is 35.8 Å². The minimum atomic E-state index is -0.520. The van der Waals surface area contributed by atoms with Gasteiger partial charge in [-0.25, -0.2) is 0 Å². The van der Waals surface area contributed by atoms with Crippen molar-refractivity contribution < 1.29 is 23.9 Å².